The van der Waals surface area contributed by atoms with Crippen molar-refractivity contribution >= 4 is 27.3 Å². The van der Waals surface area contributed by atoms with E-state index >= 15 is 0 Å². The Morgan fingerprint density at radius 1 is 1.13 bits per heavy atom. The van der Waals surface area contributed by atoms with Gasteiger partial charge in [-0.05, 0) is 63.4 Å². The summed E-state index contributed by atoms with van der Waals surface area (Å²) in [5.74, 6) is 7.22. The SMILES string of the molecule is O=S(=O)(C1CC1)N1CCC(C#Cc2cnc(Cl)cc2NC2CCC(CO)CC2)CC1. The lowest BCUT2D eigenvalue weighted by molar-refractivity contribution is 0.186. The van der Waals surface area contributed by atoms with Crippen molar-refractivity contribution in [3.8, 4) is 11.8 Å². The van der Waals surface area contributed by atoms with Crippen LogP contribution < -0.4 is 5.32 Å². The van der Waals surface area contributed by atoms with Crippen LogP contribution in [0.3, 0.4) is 0 Å². The number of aliphatic hydroxyl groups excluding tert-OH is 1. The van der Waals surface area contributed by atoms with Crippen LogP contribution in [0.1, 0.15) is 56.9 Å². The summed E-state index contributed by atoms with van der Waals surface area (Å²) < 4.78 is 26.4. The molecule has 8 heteroatoms. The van der Waals surface area contributed by atoms with Crippen LogP contribution >= 0.6 is 11.6 Å². The van der Waals surface area contributed by atoms with Crippen LogP contribution in [0.2, 0.25) is 5.15 Å². The molecule has 0 unspecified atom stereocenters. The molecule has 1 aliphatic heterocycles. The Morgan fingerprint density at radius 2 is 1.83 bits per heavy atom. The van der Waals surface area contributed by atoms with Gasteiger partial charge in [0.05, 0.1) is 16.5 Å². The lowest BCUT2D eigenvalue weighted by Crippen LogP contribution is -2.40. The average molecular weight is 452 g/mol. The predicted molar refractivity (Wildman–Crippen MR) is 119 cm³/mol. The van der Waals surface area contributed by atoms with Crippen molar-refractivity contribution < 1.29 is 13.5 Å². The third kappa shape index (κ3) is 5.28. The van der Waals surface area contributed by atoms with Crippen molar-refractivity contribution in [2.75, 3.05) is 25.0 Å². The third-order valence-electron chi connectivity index (χ3n) is 6.51. The lowest BCUT2D eigenvalue weighted by atomic mass is 9.86. The van der Waals surface area contributed by atoms with Gasteiger partial charge in [-0.15, -0.1) is 0 Å². The second kappa shape index (κ2) is 9.44. The Bertz CT molecular complexity index is 907. The van der Waals surface area contributed by atoms with Gasteiger partial charge in [0, 0.05) is 37.9 Å². The van der Waals surface area contributed by atoms with E-state index in [1.807, 2.05) is 6.07 Å². The molecule has 6 nitrogen and oxygen atoms in total. The van der Waals surface area contributed by atoms with Crippen LogP contribution in [0.4, 0.5) is 5.69 Å². The van der Waals surface area contributed by atoms with Crippen molar-refractivity contribution in [3.63, 3.8) is 0 Å². The van der Waals surface area contributed by atoms with Gasteiger partial charge in [-0.1, -0.05) is 23.4 Å². The number of aliphatic hydroxyl groups is 1. The first-order chi connectivity index (χ1) is 14.5. The highest BCUT2D eigenvalue weighted by Gasteiger charge is 2.41. The highest BCUT2D eigenvalue weighted by molar-refractivity contribution is 7.90. The number of aromatic nitrogens is 1. The van der Waals surface area contributed by atoms with E-state index in [0.717, 1.165) is 62.6 Å². The fourth-order valence-corrected chi connectivity index (χ4v) is 6.40. The second-order valence-electron chi connectivity index (χ2n) is 8.78. The van der Waals surface area contributed by atoms with Gasteiger partial charge in [0.25, 0.3) is 0 Å². The minimum absolute atomic E-state index is 0.138. The zero-order chi connectivity index (χ0) is 21.1. The van der Waals surface area contributed by atoms with E-state index in [0.29, 0.717) is 30.2 Å². The minimum Gasteiger partial charge on any atom is -0.396 e. The Hall–Kier alpha value is -1.33. The smallest absolute Gasteiger partial charge is 0.216 e. The lowest BCUT2D eigenvalue weighted by Gasteiger charge is -2.29. The van der Waals surface area contributed by atoms with E-state index in [4.69, 9.17) is 11.6 Å². The van der Waals surface area contributed by atoms with Crippen LogP contribution in [0, 0.1) is 23.7 Å². The van der Waals surface area contributed by atoms with Crippen LogP contribution in [-0.4, -0.2) is 53.8 Å². The van der Waals surface area contributed by atoms with Crippen molar-refractivity contribution in [2.24, 2.45) is 11.8 Å². The Kier molecular flexibility index (Phi) is 6.88. The second-order valence-corrected chi connectivity index (χ2v) is 11.4. The fraction of sp³-hybridized carbons (Fsp3) is 0.682. The maximum absolute atomic E-state index is 12.4. The molecule has 0 radical (unpaired) electrons. The summed E-state index contributed by atoms with van der Waals surface area (Å²) in [6.07, 6.45) is 8.96. The summed E-state index contributed by atoms with van der Waals surface area (Å²) in [6.45, 7) is 1.40. The Labute approximate surface area is 184 Å². The number of sulfonamides is 1. The van der Waals surface area contributed by atoms with Gasteiger partial charge in [-0.2, -0.15) is 0 Å². The topological polar surface area (TPSA) is 82.5 Å². The summed E-state index contributed by atoms with van der Waals surface area (Å²) in [4.78, 5) is 4.19. The molecule has 0 bridgehead atoms. The van der Waals surface area contributed by atoms with Gasteiger partial charge in [-0.25, -0.2) is 17.7 Å². The number of halogens is 1. The van der Waals surface area contributed by atoms with Gasteiger partial charge in [0.1, 0.15) is 5.15 Å². The molecule has 2 saturated carbocycles. The highest BCUT2D eigenvalue weighted by atomic mass is 35.5. The quantitative estimate of drug-likeness (QED) is 0.530. The molecule has 0 aromatic carbocycles. The van der Waals surface area contributed by atoms with Gasteiger partial charge < -0.3 is 10.4 Å². The minimum atomic E-state index is -3.08. The van der Waals surface area contributed by atoms with Crippen molar-refractivity contribution in [3.05, 3.63) is 23.0 Å². The first kappa shape index (κ1) is 21.9. The Morgan fingerprint density at radius 3 is 2.47 bits per heavy atom. The van der Waals surface area contributed by atoms with Crippen LogP contribution in [0.25, 0.3) is 0 Å². The maximum Gasteiger partial charge on any atom is 0.216 e. The van der Waals surface area contributed by atoms with Crippen LogP contribution in [0.5, 0.6) is 0 Å². The van der Waals surface area contributed by atoms with Crippen LogP contribution in [0.15, 0.2) is 12.3 Å². The van der Waals surface area contributed by atoms with Gasteiger partial charge in [0.2, 0.25) is 10.0 Å². The first-order valence-electron chi connectivity index (χ1n) is 11.0. The largest absolute Gasteiger partial charge is 0.396 e. The number of hydrogen-bond donors (Lipinski definition) is 2. The van der Waals surface area contributed by atoms with E-state index in [1.165, 1.54) is 0 Å². The van der Waals surface area contributed by atoms with Crippen molar-refractivity contribution in [2.45, 2.75) is 62.7 Å². The zero-order valence-corrected chi connectivity index (χ0v) is 18.8. The molecule has 1 aromatic rings. The Balaban J connectivity index is 1.38. The van der Waals surface area contributed by atoms with Gasteiger partial charge >= 0.3 is 0 Å². The van der Waals surface area contributed by atoms with E-state index in [2.05, 4.69) is 22.1 Å². The summed E-state index contributed by atoms with van der Waals surface area (Å²) in [6, 6.07) is 2.18. The maximum atomic E-state index is 12.4. The third-order valence-corrected chi connectivity index (χ3v) is 9.11. The molecule has 1 aromatic heterocycles. The molecule has 0 spiro atoms. The standard InChI is InChI=1S/C22H30ClN3O3S/c23-22-13-21(25-19-5-2-17(15-27)3-6-19)18(14-24-22)4-1-16-9-11-26(12-10-16)30(28,29)20-7-8-20/h13-14,16-17,19-20,27H,2-3,5-12,15H2,(H,24,25). The van der Waals surface area contributed by atoms with Crippen molar-refractivity contribution in [1.82, 2.24) is 9.29 Å². The molecule has 2 aliphatic carbocycles. The monoisotopic (exact) mass is 451 g/mol. The number of nitrogens with zero attached hydrogens (tertiary/aromatic N) is 2. The number of piperidine rings is 1. The molecule has 4 rings (SSSR count). The molecular weight excluding hydrogens is 422 g/mol. The summed E-state index contributed by atoms with van der Waals surface area (Å²) >= 11 is 6.12. The average Bonchev–Trinajstić information content (AvgIpc) is 3.60. The normalized spacial score (nSPS) is 26.1. The number of hydrogen-bond acceptors (Lipinski definition) is 5. The molecule has 2 N–H and O–H groups in total. The van der Waals surface area contributed by atoms with E-state index in [-0.39, 0.29) is 17.8 Å². The van der Waals surface area contributed by atoms with E-state index in [9.17, 15) is 13.5 Å². The number of rotatable bonds is 5. The molecular formula is C22H30ClN3O3S. The molecule has 164 valence electrons. The molecule has 30 heavy (non-hydrogen) atoms. The van der Waals surface area contributed by atoms with E-state index in [1.54, 1.807) is 10.5 Å². The molecule has 3 fully saturated rings. The summed E-state index contributed by atoms with van der Waals surface area (Å²) in [5, 5.41) is 13.2. The first-order valence-corrected chi connectivity index (χ1v) is 12.9. The summed E-state index contributed by atoms with van der Waals surface area (Å²) in [7, 11) is -3.08. The molecule has 0 atom stereocenters. The highest BCUT2D eigenvalue weighted by Crippen LogP contribution is 2.33. The number of nitrogens with one attached hydrogen (secondary N) is 1. The molecule has 3 aliphatic rings. The van der Waals surface area contributed by atoms with Gasteiger partial charge in [0.15, 0.2) is 0 Å². The number of pyridine rings is 1. The predicted octanol–water partition coefficient (Wildman–Crippen LogP) is 3.25. The van der Waals surface area contributed by atoms with Crippen molar-refractivity contribution in [1.29, 1.82) is 0 Å². The van der Waals surface area contributed by atoms with Gasteiger partial charge in [-0.3, -0.25) is 0 Å². The van der Waals surface area contributed by atoms with E-state index < -0.39 is 10.0 Å². The molecule has 0 amide bonds. The molecule has 1 saturated heterocycles. The van der Waals surface area contributed by atoms with Crippen LogP contribution in [-0.2, 0) is 10.0 Å². The summed E-state index contributed by atoms with van der Waals surface area (Å²) in [5.41, 5.74) is 1.74. The molecule has 2 heterocycles. The number of anilines is 1. The fourth-order valence-electron chi connectivity index (χ4n) is 4.37. The zero-order valence-electron chi connectivity index (χ0n) is 17.2.